The summed E-state index contributed by atoms with van der Waals surface area (Å²) in [4.78, 5) is 19.5. The number of nitrogens with two attached hydrogens (primary N) is 1. The molecule has 0 aliphatic rings. The van der Waals surface area contributed by atoms with Crippen LogP contribution in [0.15, 0.2) is 36.7 Å². The van der Waals surface area contributed by atoms with Crippen LogP contribution in [0.2, 0.25) is 0 Å². The van der Waals surface area contributed by atoms with Crippen molar-refractivity contribution >= 4 is 11.7 Å². The number of amides is 1. The number of hydrogen-bond acceptors (Lipinski definition) is 4. The second kappa shape index (κ2) is 5.27. The maximum Gasteiger partial charge on any atom is 0.248 e. The lowest BCUT2D eigenvalue weighted by atomic mass is 10.1. The lowest BCUT2D eigenvalue weighted by molar-refractivity contribution is 0.100. The van der Waals surface area contributed by atoms with Crippen LogP contribution >= 0.6 is 0 Å². The Bertz CT molecular complexity index is 551. The van der Waals surface area contributed by atoms with E-state index in [0.717, 1.165) is 23.6 Å². The number of aromatic nitrogens is 2. The molecular formula is C13H14N4O. The number of nitrogens with one attached hydrogen (secondary N) is 1. The number of carbonyl (C=O) groups excluding carboxylic acids is 1. The van der Waals surface area contributed by atoms with Crippen LogP contribution in [-0.2, 0) is 0 Å². The molecule has 0 fully saturated rings. The molecule has 2 aromatic rings. The lowest BCUT2D eigenvalue weighted by Crippen LogP contribution is -2.10. The number of benzene rings is 1. The van der Waals surface area contributed by atoms with E-state index < -0.39 is 5.91 Å². The third-order valence-corrected chi connectivity index (χ3v) is 2.46. The highest BCUT2D eigenvalue weighted by atomic mass is 16.1. The molecule has 18 heavy (non-hydrogen) atoms. The summed E-state index contributed by atoms with van der Waals surface area (Å²) in [5, 5.41) is 3.10. The van der Waals surface area contributed by atoms with Gasteiger partial charge in [-0.2, -0.15) is 0 Å². The van der Waals surface area contributed by atoms with Crippen molar-refractivity contribution in [2.24, 2.45) is 5.73 Å². The molecule has 1 heterocycles. The Morgan fingerprint density at radius 2 is 2.00 bits per heavy atom. The zero-order chi connectivity index (χ0) is 13.0. The van der Waals surface area contributed by atoms with Gasteiger partial charge in [0.2, 0.25) is 5.91 Å². The van der Waals surface area contributed by atoms with Gasteiger partial charge in [0.25, 0.3) is 0 Å². The summed E-state index contributed by atoms with van der Waals surface area (Å²) in [5.74, 6) is 0.294. The van der Waals surface area contributed by atoms with Crippen LogP contribution in [0.4, 0.5) is 5.82 Å². The van der Waals surface area contributed by atoms with E-state index in [2.05, 4.69) is 15.3 Å². The van der Waals surface area contributed by atoms with Gasteiger partial charge in [-0.15, -0.1) is 0 Å². The molecule has 2 rings (SSSR count). The third-order valence-electron chi connectivity index (χ3n) is 2.46. The highest BCUT2D eigenvalue weighted by Gasteiger charge is 2.04. The Balaban J connectivity index is 2.30. The topological polar surface area (TPSA) is 80.9 Å². The van der Waals surface area contributed by atoms with Gasteiger partial charge >= 0.3 is 0 Å². The number of hydrogen-bond donors (Lipinski definition) is 2. The van der Waals surface area contributed by atoms with Gasteiger partial charge in [-0.05, 0) is 19.1 Å². The van der Waals surface area contributed by atoms with Gasteiger partial charge in [0.1, 0.15) is 5.82 Å². The Morgan fingerprint density at radius 3 is 2.61 bits per heavy atom. The van der Waals surface area contributed by atoms with Crippen molar-refractivity contribution in [1.82, 2.24) is 9.97 Å². The Kier molecular flexibility index (Phi) is 3.52. The molecule has 0 saturated carbocycles. The normalized spacial score (nSPS) is 10.1. The molecule has 0 radical (unpaired) electrons. The maximum atomic E-state index is 11.0. The van der Waals surface area contributed by atoms with Crippen molar-refractivity contribution in [2.75, 3.05) is 11.9 Å². The highest BCUT2D eigenvalue weighted by Crippen LogP contribution is 2.18. The van der Waals surface area contributed by atoms with Crippen molar-refractivity contribution in [3.8, 4) is 11.3 Å². The minimum Gasteiger partial charge on any atom is -0.369 e. The van der Waals surface area contributed by atoms with Crippen molar-refractivity contribution in [3.63, 3.8) is 0 Å². The number of anilines is 1. The molecule has 1 amide bonds. The summed E-state index contributed by atoms with van der Waals surface area (Å²) in [6.07, 6.45) is 3.35. The summed E-state index contributed by atoms with van der Waals surface area (Å²) in [7, 11) is 0. The molecule has 1 aromatic carbocycles. The Morgan fingerprint density at radius 1 is 1.28 bits per heavy atom. The smallest absolute Gasteiger partial charge is 0.248 e. The van der Waals surface area contributed by atoms with E-state index in [1.54, 1.807) is 36.7 Å². The second-order valence-electron chi connectivity index (χ2n) is 3.76. The van der Waals surface area contributed by atoms with Gasteiger partial charge in [0, 0.05) is 17.7 Å². The Hall–Kier alpha value is -2.43. The summed E-state index contributed by atoms with van der Waals surface area (Å²) >= 11 is 0. The average Bonchev–Trinajstić information content (AvgIpc) is 2.39. The van der Waals surface area contributed by atoms with E-state index >= 15 is 0 Å². The molecule has 3 N–H and O–H groups in total. The van der Waals surface area contributed by atoms with Crippen LogP contribution in [0.25, 0.3) is 11.3 Å². The van der Waals surface area contributed by atoms with E-state index in [-0.39, 0.29) is 0 Å². The molecule has 92 valence electrons. The predicted octanol–water partition coefficient (Wildman–Crippen LogP) is 1.67. The van der Waals surface area contributed by atoms with Crippen molar-refractivity contribution in [1.29, 1.82) is 0 Å². The average molecular weight is 242 g/mol. The largest absolute Gasteiger partial charge is 0.369 e. The van der Waals surface area contributed by atoms with Crippen molar-refractivity contribution in [3.05, 3.63) is 42.2 Å². The summed E-state index contributed by atoms with van der Waals surface area (Å²) in [6.45, 7) is 2.79. The third kappa shape index (κ3) is 2.63. The fourth-order valence-corrected chi connectivity index (χ4v) is 1.58. The van der Waals surface area contributed by atoms with Crippen LogP contribution in [-0.4, -0.2) is 22.4 Å². The SMILES string of the molecule is CCNc1cncc(-c2ccc(C(N)=O)cc2)n1. The molecule has 0 spiro atoms. The quantitative estimate of drug-likeness (QED) is 0.854. The fraction of sp³-hybridized carbons (Fsp3) is 0.154. The number of carbonyl (C=O) groups is 1. The van der Waals surface area contributed by atoms with Crippen molar-refractivity contribution < 1.29 is 4.79 Å². The van der Waals surface area contributed by atoms with Gasteiger partial charge in [0.05, 0.1) is 18.1 Å². The zero-order valence-electron chi connectivity index (χ0n) is 10.1. The molecule has 0 saturated heterocycles. The monoisotopic (exact) mass is 242 g/mol. The van der Waals surface area contributed by atoms with E-state index in [9.17, 15) is 4.79 Å². The molecular weight excluding hydrogens is 228 g/mol. The van der Waals surface area contributed by atoms with Gasteiger partial charge < -0.3 is 11.1 Å². The highest BCUT2D eigenvalue weighted by molar-refractivity contribution is 5.93. The maximum absolute atomic E-state index is 11.0. The summed E-state index contributed by atoms with van der Waals surface area (Å²) in [5.41, 5.74) is 7.32. The van der Waals surface area contributed by atoms with Crippen LogP contribution in [0.1, 0.15) is 17.3 Å². The molecule has 0 unspecified atom stereocenters. The first-order valence-corrected chi connectivity index (χ1v) is 5.67. The van der Waals surface area contributed by atoms with E-state index in [0.29, 0.717) is 5.56 Å². The van der Waals surface area contributed by atoms with Gasteiger partial charge in [-0.3, -0.25) is 9.78 Å². The minimum absolute atomic E-state index is 0.436. The molecule has 0 aliphatic carbocycles. The van der Waals surface area contributed by atoms with Crippen LogP contribution < -0.4 is 11.1 Å². The zero-order valence-corrected chi connectivity index (χ0v) is 10.1. The Labute approximate surface area is 105 Å². The van der Waals surface area contributed by atoms with Crippen molar-refractivity contribution in [2.45, 2.75) is 6.92 Å². The van der Waals surface area contributed by atoms with Gasteiger partial charge in [-0.1, -0.05) is 12.1 Å². The first-order chi connectivity index (χ1) is 8.70. The van der Waals surface area contributed by atoms with Gasteiger partial charge in [0.15, 0.2) is 0 Å². The van der Waals surface area contributed by atoms with E-state index in [4.69, 9.17) is 5.73 Å². The van der Waals surface area contributed by atoms with E-state index in [1.807, 2.05) is 6.92 Å². The van der Waals surface area contributed by atoms with Crippen LogP contribution in [0.3, 0.4) is 0 Å². The predicted molar refractivity (Wildman–Crippen MR) is 70.1 cm³/mol. The standard InChI is InChI=1S/C13H14N4O/c1-2-16-12-8-15-7-11(17-12)9-3-5-10(6-4-9)13(14)18/h3-8H,2H2,1H3,(H2,14,18)(H,16,17). The number of rotatable bonds is 4. The minimum atomic E-state index is -0.436. The molecule has 0 aliphatic heterocycles. The molecule has 0 atom stereocenters. The fourth-order valence-electron chi connectivity index (χ4n) is 1.58. The first kappa shape index (κ1) is 12.0. The lowest BCUT2D eigenvalue weighted by Gasteiger charge is -2.05. The van der Waals surface area contributed by atoms with Crippen LogP contribution in [0, 0.1) is 0 Å². The number of nitrogens with zero attached hydrogens (tertiary/aromatic N) is 2. The molecule has 5 heteroatoms. The number of primary amides is 1. The van der Waals surface area contributed by atoms with Crippen LogP contribution in [0.5, 0.6) is 0 Å². The molecule has 5 nitrogen and oxygen atoms in total. The summed E-state index contributed by atoms with van der Waals surface area (Å²) < 4.78 is 0. The van der Waals surface area contributed by atoms with E-state index in [1.165, 1.54) is 0 Å². The first-order valence-electron chi connectivity index (χ1n) is 5.67. The molecule has 1 aromatic heterocycles. The molecule has 0 bridgehead atoms. The second-order valence-corrected chi connectivity index (χ2v) is 3.76. The van der Waals surface area contributed by atoms with Gasteiger partial charge in [-0.25, -0.2) is 4.98 Å². The summed E-state index contributed by atoms with van der Waals surface area (Å²) in [6, 6.07) is 6.97.